The fourth-order valence-electron chi connectivity index (χ4n) is 3.19. The van der Waals surface area contributed by atoms with E-state index in [-0.39, 0.29) is 17.2 Å². The predicted octanol–water partition coefficient (Wildman–Crippen LogP) is 3.76. The molecule has 0 N–H and O–H groups in total. The van der Waals surface area contributed by atoms with Gasteiger partial charge in [-0.25, -0.2) is 0 Å². The number of aryl methyl sites for hydroxylation is 1. The average molecular weight is 366 g/mol. The monoisotopic (exact) mass is 366 g/mol. The summed E-state index contributed by atoms with van der Waals surface area (Å²) in [4.78, 5) is 11.5. The number of carbonyl (C=O) groups excluding carboxylic acids is 1. The molecule has 2 aromatic carbocycles. The molecule has 0 aromatic heterocycles. The largest absolute Gasteiger partial charge is 0.494 e. The molecule has 3 rings (SSSR count). The first-order valence-electron chi connectivity index (χ1n) is 9.34. The summed E-state index contributed by atoms with van der Waals surface area (Å²) in [5.74, 6) is -0.198. The molecule has 0 bridgehead atoms. The lowest BCUT2D eigenvalue weighted by molar-refractivity contribution is -0.140. The van der Waals surface area contributed by atoms with Crippen LogP contribution < -0.4 is 5.46 Å². The van der Waals surface area contributed by atoms with Crippen LogP contribution in [0.25, 0.3) is 11.1 Å². The van der Waals surface area contributed by atoms with Crippen LogP contribution in [0.5, 0.6) is 0 Å². The van der Waals surface area contributed by atoms with Gasteiger partial charge in [0.05, 0.1) is 18.3 Å². The van der Waals surface area contributed by atoms with Crippen LogP contribution in [0, 0.1) is 0 Å². The fraction of sp³-hybridized carbons (Fsp3) is 0.409. The van der Waals surface area contributed by atoms with E-state index in [0.29, 0.717) is 12.8 Å². The second kappa shape index (κ2) is 7.49. The van der Waals surface area contributed by atoms with Crippen LogP contribution in [-0.4, -0.2) is 31.4 Å². The van der Waals surface area contributed by atoms with Gasteiger partial charge < -0.3 is 14.0 Å². The van der Waals surface area contributed by atoms with Gasteiger partial charge in [0.1, 0.15) is 0 Å². The predicted molar refractivity (Wildman–Crippen MR) is 108 cm³/mol. The highest BCUT2D eigenvalue weighted by Gasteiger charge is 2.51. The fourth-order valence-corrected chi connectivity index (χ4v) is 3.19. The molecule has 0 radical (unpaired) electrons. The Balaban J connectivity index is 1.88. The maximum absolute atomic E-state index is 11.5. The Bertz CT molecular complexity index is 813. The number of methoxy groups -OCH3 is 1. The molecule has 0 atom stereocenters. The van der Waals surface area contributed by atoms with Crippen molar-refractivity contribution in [1.82, 2.24) is 0 Å². The molecule has 1 heterocycles. The molecule has 2 aromatic rings. The van der Waals surface area contributed by atoms with E-state index in [1.165, 1.54) is 7.11 Å². The lowest BCUT2D eigenvalue weighted by Gasteiger charge is -2.32. The molecule has 1 aliphatic heterocycles. The van der Waals surface area contributed by atoms with Crippen molar-refractivity contribution in [3.05, 3.63) is 54.1 Å². The van der Waals surface area contributed by atoms with E-state index in [0.717, 1.165) is 22.2 Å². The van der Waals surface area contributed by atoms with Crippen LogP contribution in [0.3, 0.4) is 0 Å². The molecule has 0 aliphatic carbocycles. The molecule has 0 spiro atoms. The van der Waals surface area contributed by atoms with E-state index in [2.05, 4.69) is 52.0 Å². The SMILES string of the molecule is COC(=O)CCc1ccccc1-c1cccc(B2OC(C)(C)C(C)(C)O2)c1. The summed E-state index contributed by atoms with van der Waals surface area (Å²) in [5, 5.41) is 0. The number of esters is 1. The quantitative estimate of drug-likeness (QED) is 0.597. The van der Waals surface area contributed by atoms with E-state index in [9.17, 15) is 4.79 Å². The Morgan fingerprint density at radius 2 is 1.67 bits per heavy atom. The van der Waals surface area contributed by atoms with Crippen LogP contribution in [0.2, 0.25) is 0 Å². The molecule has 5 heteroatoms. The summed E-state index contributed by atoms with van der Waals surface area (Å²) in [6.45, 7) is 8.22. The summed E-state index contributed by atoms with van der Waals surface area (Å²) < 4.78 is 17.1. The van der Waals surface area contributed by atoms with Crippen molar-refractivity contribution >= 4 is 18.6 Å². The van der Waals surface area contributed by atoms with Crippen LogP contribution in [0.1, 0.15) is 39.7 Å². The van der Waals surface area contributed by atoms with Crippen molar-refractivity contribution in [3.63, 3.8) is 0 Å². The van der Waals surface area contributed by atoms with Gasteiger partial charge in [0.15, 0.2) is 0 Å². The molecule has 0 amide bonds. The number of hydrogen-bond acceptors (Lipinski definition) is 4. The molecule has 142 valence electrons. The van der Waals surface area contributed by atoms with Gasteiger partial charge in [-0.1, -0.05) is 48.5 Å². The zero-order valence-electron chi connectivity index (χ0n) is 16.7. The zero-order valence-corrected chi connectivity index (χ0v) is 16.7. The van der Waals surface area contributed by atoms with Crippen molar-refractivity contribution in [1.29, 1.82) is 0 Å². The van der Waals surface area contributed by atoms with E-state index < -0.39 is 7.12 Å². The van der Waals surface area contributed by atoms with Crippen LogP contribution in [-0.2, 0) is 25.3 Å². The number of ether oxygens (including phenoxy) is 1. The minimum atomic E-state index is -0.391. The molecule has 27 heavy (non-hydrogen) atoms. The molecule has 1 saturated heterocycles. The standard InChI is InChI=1S/C22H27BO4/c1-21(2)22(3,4)27-23(26-21)18-11-8-10-17(15-18)19-12-7-6-9-16(19)13-14-20(24)25-5/h6-12,15H,13-14H2,1-5H3. The molecule has 4 nitrogen and oxygen atoms in total. The van der Waals surface area contributed by atoms with Gasteiger partial charge in [0.25, 0.3) is 0 Å². The first-order valence-corrected chi connectivity index (χ1v) is 9.34. The first kappa shape index (κ1) is 19.7. The van der Waals surface area contributed by atoms with E-state index >= 15 is 0 Å². The Kier molecular flexibility index (Phi) is 5.45. The maximum atomic E-state index is 11.5. The highest BCUT2D eigenvalue weighted by molar-refractivity contribution is 6.62. The minimum absolute atomic E-state index is 0.198. The summed E-state index contributed by atoms with van der Waals surface area (Å²) in [6.07, 6.45) is 1.01. The van der Waals surface area contributed by atoms with Crippen LogP contribution in [0.15, 0.2) is 48.5 Å². The number of rotatable bonds is 5. The first-order chi connectivity index (χ1) is 12.7. The third-order valence-electron chi connectivity index (χ3n) is 5.57. The van der Waals surface area contributed by atoms with E-state index in [4.69, 9.17) is 14.0 Å². The van der Waals surface area contributed by atoms with Crippen molar-refractivity contribution in [3.8, 4) is 11.1 Å². The summed E-state index contributed by atoms with van der Waals surface area (Å²) in [7, 11) is 1.03. The third-order valence-corrected chi connectivity index (χ3v) is 5.57. The molecule has 0 unspecified atom stereocenters. The van der Waals surface area contributed by atoms with Crippen molar-refractivity contribution < 1.29 is 18.8 Å². The average Bonchev–Trinajstić information content (AvgIpc) is 2.87. The Hall–Kier alpha value is -2.11. The van der Waals surface area contributed by atoms with Gasteiger partial charge in [0, 0.05) is 6.42 Å². The van der Waals surface area contributed by atoms with Gasteiger partial charge in [-0.3, -0.25) is 4.79 Å². The van der Waals surface area contributed by atoms with Gasteiger partial charge >= 0.3 is 13.1 Å². The maximum Gasteiger partial charge on any atom is 0.494 e. The topological polar surface area (TPSA) is 44.8 Å². The highest BCUT2D eigenvalue weighted by atomic mass is 16.7. The normalized spacial score (nSPS) is 17.7. The highest BCUT2D eigenvalue weighted by Crippen LogP contribution is 2.36. The lowest BCUT2D eigenvalue weighted by atomic mass is 9.77. The van der Waals surface area contributed by atoms with E-state index in [1.54, 1.807) is 0 Å². The lowest BCUT2D eigenvalue weighted by Crippen LogP contribution is -2.41. The molecule has 1 fully saturated rings. The Morgan fingerprint density at radius 1 is 1.00 bits per heavy atom. The number of carbonyl (C=O) groups is 1. The molecule has 0 saturated carbocycles. The van der Waals surface area contributed by atoms with Crippen LogP contribution in [0.4, 0.5) is 0 Å². The second-order valence-corrected chi connectivity index (χ2v) is 7.95. The summed E-state index contributed by atoms with van der Waals surface area (Å²) >= 11 is 0. The molecular formula is C22H27BO4. The summed E-state index contributed by atoms with van der Waals surface area (Å²) in [6, 6.07) is 16.4. The molecular weight excluding hydrogens is 339 g/mol. The van der Waals surface area contributed by atoms with Gasteiger partial charge in [-0.15, -0.1) is 0 Å². The van der Waals surface area contributed by atoms with Gasteiger partial charge in [-0.05, 0) is 56.3 Å². The zero-order chi connectivity index (χ0) is 19.7. The van der Waals surface area contributed by atoms with Crippen molar-refractivity contribution in [2.45, 2.75) is 51.7 Å². The Morgan fingerprint density at radius 3 is 2.33 bits per heavy atom. The second-order valence-electron chi connectivity index (χ2n) is 7.95. The smallest absolute Gasteiger partial charge is 0.469 e. The van der Waals surface area contributed by atoms with Crippen LogP contribution >= 0.6 is 0 Å². The van der Waals surface area contributed by atoms with Crippen molar-refractivity contribution in [2.75, 3.05) is 7.11 Å². The number of hydrogen-bond donors (Lipinski definition) is 0. The third kappa shape index (κ3) is 4.09. The van der Waals surface area contributed by atoms with Gasteiger partial charge in [0.2, 0.25) is 0 Å². The van der Waals surface area contributed by atoms with E-state index in [1.807, 2.05) is 24.3 Å². The van der Waals surface area contributed by atoms with Gasteiger partial charge in [-0.2, -0.15) is 0 Å². The summed E-state index contributed by atoms with van der Waals surface area (Å²) in [5.41, 5.74) is 3.57. The Labute approximate surface area is 162 Å². The molecule has 1 aliphatic rings. The minimum Gasteiger partial charge on any atom is -0.469 e. The van der Waals surface area contributed by atoms with Crippen molar-refractivity contribution in [2.24, 2.45) is 0 Å². The number of benzene rings is 2.